The number of carbonyl (C=O) groups excluding carboxylic acids is 1. The van der Waals surface area contributed by atoms with Gasteiger partial charge in [0.1, 0.15) is 29.4 Å². The van der Waals surface area contributed by atoms with E-state index < -0.39 is 23.0 Å². The Hall–Kier alpha value is -4.73. The number of hydrogen-bond donors (Lipinski definition) is 1. The highest BCUT2D eigenvalue weighted by molar-refractivity contribution is 5.91. The minimum Gasteiger partial charge on any atom is -0.333 e. The number of nitrogens with one attached hydrogen (secondary N) is 1. The normalized spacial score (nSPS) is 11.1. The van der Waals surface area contributed by atoms with Crippen molar-refractivity contribution >= 4 is 22.6 Å². The van der Waals surface area contributed by atoms with Gasteiger partial charge in [0.05, 0.1) is 5.39 Å². The second-order valence-corrected chi connectivity index (χ2v) is 7.82. The highest BCUT2D eigenvalue weighted by Crippen LogP contribution is 2.23. The van der Waals surface area contributed by atoms with E-state index in [1.807, 2.05) is 0 Å². The highest BCUT2D eigenvalue weighted by Gasteiger charge is 2.19. The van der Waals surface area contributed by atoms with Crippen molar-refractivity contribution in [2.24, 2.45) is 0 Å². The van der Waals surface area contributed by atoms with Crippen LogP contribution in [-0.4, -0.2) is 25.6 Å². The molecule has 3 aromatic heterocycles. The van der Waals surface area contributed by atoms with E-state index in [9.17, 15) is 18.4 Å². The van der Waals surface area contributed by atoms with Crippen LogP contribution in [0.2, 0.25) is 0 Å². The van der Waals surface area contributed by atoms with Crippen molar-refractivity contribution < 1.29 is 18.1 Å². The van der Waals surface area contributed by atoms with E-state index in [2.05, 4.69) is 20.4 Å². The van der Waals surface area contributed by atoms with Crippen LogP contribution >= 0.6 is 0 Å². The van der Waals surface area contributed by atoms with Crippen LogP contribution in [0, 0.1) is 18.6 Å². The van der Waals surface area contributed by atoms with Crippen molar-refractivity contribution in [3.8, 4) is 22.8 Å². The molecule has 5 rings (SSSR count). The highest BCUT2D eigenvalue weighted by atomic mass is 19.1. The Labute approximate surface area is 196 Å². The second kappa shape index (κ2) is 8.90. The van der Waals surface area contributed by atoms with Crippen LogP contribution < -0.4 is 10.7 Å². The second-order valence-electron chi connectivity index (χ2n) is 7.82. The molecule has 1 N–H and O–H groups in total. The maximum atomic E-state index is 13.6. The molecule has 2 aromatic carbocycles. The number of hydrogen-bond acceptors (Lipinski definition) is 6. The van der Waals surface area contributed by atoms with Crippen LogP contribution in [0.4, 0.5) is 14.5 Å². The number of halogens is 2. The molecule has 35 heavy (non-hydrogen) atoms. The number of benzene rings is 2. The maximum absolute atomic E-state index is 13.6. The first-order valence-electron chi connectivity index (χ1n) is 10.5. The lowest BCUT2D eigenvalue weighted by atomic mass is 10.1. The summed E-state index contributed by atoms with van der Waals surface area (Å²) in [6.07, 6.45) is 1.41. The average Bonchev–Trinajstić information content (AvgIpc) is 3.31. The molecule has 0 spiro atoms. The Kier molecular flexibility index (Phi) is 5.61. The number of fused-ring (bicyclic) bond motifs is 1. The van der Waals surface area contributed by atoms with E-state index in [-0.39, 0.29) is 34.9 Å². The van der Waals surface area contributed by atoms with Gasteiger partial charge >= 0.3 is 0 Å². The monoisotopic (exact) mass is 473 g/mol. The summed E-state index contributed by atoms with van der Waals surface area (Å²) in [6.45, 7) is 1.54. The van der Waals surface area contributed by atoms with Gasteiger partial charge in [-0.25, -0.2) is 13.8 Å². The number of rotatable bonds is 5. The molecule has 10 heteroatoms. The Bertz CT molecular complexity index is 1640. The summed E-state index contributed by atoms with van der Waals surface area (Å²) in [5.41, 5.74) is 1.25. The van der Waals surface area contributed by atoms with Crippen LogP contribution in [0.15, 0.2) is 76.2 Å². The summed E-state index contributed by atoms with van der Waals surface area (Å²) >= 11 is 0. The van der Waals surface area contributed by atoms with Gasteiger partial charge in [-0.05, 0) is 49.4 Å². The molecule has 0 aliphatic carbocycles. The lowest BCUT2D eigenvalue weighted by Crippen LogP contribution is -2.22. The molecule has 8 nitrogen and oxygen atoms in total. The number of carbonyl (C=O) groups is 1. The summed E-state index contributed by atoms with van der Waals surface area (Å²) in [5.74, 6) is -1.39. The first-order chi connectivity index (χ1) is 16.9. The first-order valence-corrected chi connectivity index (χ1v) is 10.5. The Morgan fingerprint density at radius 3 is 2.57 bits per heavy atom. The number of amides is 1. The Morgan fingerprint density at radius 1 is 1.03 bits per heavy atom. The molecular formula is C25H17F2N5O3. The molecule has 3 heterocycles. The molecule has 0 bridgehead atoms. The largest absolute Gasteiger partial charge is 0.333 e. The fourth-order valence-electron chi connectivity index (χ4n) is 3.63. The fraction of sp³-hybridized carbons (Fsp3) is 0.0800. The summed E-state index contributed by atoms with van der Waals surface area (Å²) < 4.78 is 33.9. The summed E-state index contributed by atoms with van der Waals surface area (Å²) in [6, 6.07) is 14.4. The van der Waals surface area contributed by atoms with Gasteiger partial charge in [-0.1, -0.05) is 23.4 Å². The fourth-order valence-corrected chi connectivity index (χ4v) is 3.63. The smallest absolute Gasteiger partial charge is 0.263 e. The zero-order valence-corrected chi connectivity index (χ0v) is 18.3. The first kappa shape index (κ1) is 22.1. The molecule has 1 amide bonds. The van der Waals surface area contributed by atoms with Gasteiger partial charge in [-0.15, -0.1) is 0 Å². The van der Waals surface area contributed by atoms with Crippen molar-refractivity contribution in [3.05, 3.63) is 94.4 Å². The van der Waals surface area contributed by atoms with E-state index in [0.29, 0.717) is 16.9 Å². The number of anilines is 1. The van der Waals surface area contributed by atoms with Gasteiger partial charge in [0.15, 0.2) is 0 Å². The van der Waals surface area contributed by atoms with E-state index in [1.54, 1.807) is 31.2 Å². The Morgan fingerprint density at radius 2 is 1.80 bits per heavy atom. The molecule has 5 aromatic rings. The number of aryl methyl sites for hydroxylation is 1. The molecule has 0 aliphatic rings. The summed E-state index contributed by atoms with van der Waals surface area (Å²) in [4.78, 5) is 34.6. The van der Waals surface area contributed by atoms with E-state index in [0.717, 1.165) is 0 Å². The van der Waals surface area contributed by atoms with Crippen molar-refractivity contribution in [2.45, 2.75) is 13.5 Å². The zero-order chi connectivity index (χ0) is 24.5. The molecule has 0 saturated carbocycles. The predicted molar refractivity (Wildman–Crippen MR) is 124 cm³/mol. The minimum absolute atomic E-state index is 0.0526. The lowest BCUT2D eigenvalue weighted by Gasteiger charge is -2.12. The van der Waals surface area contributed by atoms with E-state index in [4.69, 9.17) is 4.52 Å². The van der Waals surface area contributed by atoms with Gasteiger partial charge in [0, 0.05) is 23.1 Å². The molecule has 0 saturated heterocycles. The van der Waals surface area contributed by atoms with Gasteiger partial charge in [0.2, 0.25) is 17.2 Å². The van der Waals surface area contributed by atoms with Crippen LogP contribution in [-0.2, 0) is 11.3 Å². The topological polar surface area (TPSA) is 103 Å². The SMILES string of the molecule is Cc1ccc2c(=O)c(-c3nc(-c4cccc(F)c4)no3)cn(CC(=O)Nc3cccc(F)c3)c2n1. The third-order valence-electron chi connectivity index (χ3n) is 5.22. The molecule has 0 atom stereocenters. The quantitative estimate of drug-likeness (QED) is 0.407. The van der Waals surface area contributed by atoms with Crippen molar-refractivity contribution in [1.82, 2.24) is 19.7 Å². The lowest BCUT2D eigenvalue weighted by molar-refractivity contribution is -0.116. The standard InChI is InChI=1S/C25H17F2N5O3/c1-14-8-9-19-22(34)20(25-30-23(31-35-25)15-4-2-5-16(26)10-15)12-32(24(19)28-14)13-21(33)29-18-7-3-6-17(27)11-18/h2-12H,13H2,1H3,(H,29,33). The van der Waals surface area contributed by atoms with Crippen molar-refractivity contribution in [2.75, 3.05) is 5.32 Å². The van der Waals surface area contributed by atoms with Crippen LogP contribution in [0.3, 0.4) is 0 Å². The third kappa shape index (κ3) is 4.54. The van der Waals surface area contributed by atoms with Crippen molar-refractivity contribution in [1.29, 1.82) is 0 Å². The average molecular weight is 473 g/mol. The van der Waals surface area contributed by atoms with Gasteiger partial charge < -0.3 is 14.4 Å². The summed E-state index contributed by atoms with van der Waals surface area (Å²) in [7, 11) is 0. The Balaban J connectivity index is 1.56. The number of nitrogens with zero attached hydrogens (tertiary/aromatic N) is 4. The number of pyridine rings is 2. The molecule has 0 fully saturated rings. The molecule has 0 radical (unpaired) electrons. The molecule has 0 aliphatic heterocycles. The predicted octanol–water partition coefficient (Wildman–Crippen LogP) is 4.34. The minimum atomic E-state index is -0.485. The maximum Gasteiger partial charge on any atom is 0.263 e. The van der Waals surface area contributed by atoms with E-state index in [1.165, 1.54) is 47.2 Å². The number of aromatic nitrogens is 4. The van der Waals surface area contributed by atoms with Crippen LogP contribution in [0.25, 0.3) is 33.9 Å². The molecular weight excluding hydrogens is 456 g/mol. The van der Waals surface area contributed by atoms with Crippen LogP contribution in [0.1, 0.15) is 5.69 Å². The molecule has 174 valence electrons. The molecule has 0 unspecified atom stereocenters. The van der Waals surface area contributed by atoms with Crippen molar-refractivity contribution in [3.63, 3.8) is 0 Å². The van der Waals surface area contributed by atoms with Gasteiger partial charge in [-0.3, -0.25) is 9.59 Å². The summed E-state index contributed by atoms with van der Waals surface area (Å²) in [5, 5.41) is 6.73. The van der Waals surface area contributed by atoms with Gasteiger partial charge in [-0.2, -0.15) is 4.98 Å². The van der Waals surface area contributed by atoms with Gasteiger partial charge in [0.25, 0.3) is 5.89 Å². The zero-order valence-electron chi connectivity index (χ0n) is 18.3. The van der Waals surface area contributed by atoms with E-state index >= 15 is 0 Å². The van der Waals surface area contributed by atoms with Crippen LogP contribution in [0.5, 0.6) is 0 Å². The third-order valence-corrected chi connectivity index (χ3v) is 5.22.